The molecule has 3 aliphatic rings. The monoisotopic (exact) mass is 556 g/mol. The summed E-state index contributed by atoms with van der Waals surface area (Å²) in [4.78, 5) is 17.1. The van der Waals surface area contributed by atoms with Crippen LogP contribution >= 0.6 is 35.0 Å². The summed E-state index contributed by atoms with van der Waals surface area (Å²) in [5, 5.41) is 17.2. The van der Waals surface area contributed by atoms with Crippen molar-refractivity contribution in [2.75, 3.05) is 6.61 Å². The van der Waals surface area contributed by atoms with E-state index in [9.17, 15) is 4.79 Å². The van der Waals surface area contributed by atoms with Gasteiger partial charge in [0, 0.05) is 5.92 Å². The van der Waals surface area contributed by atoms with Crippen molar-refractivity contribution in [2.45, 2.75) is 45.6 Å². The predicted octanol–water partition coefficient (Wildman–Crippen LogP) is 7.17. The van der Waals surface area contributed by atoms with E-state index in [1.165, 1.54) is 36.0 Å². The van der Waals surface area contributed by atoms with E-state index in [1.807, 2.05) is 19.1 Å². The van der Waals surface area contributed by atoms with E-state index in [1.54, 1.807) is 30.3 Å². The fraction of sp³-hybridized carbons (Fsp3) is 0.333. The van der Waals surface area contributed by atoms with Crippen molar-refractivity contribution in [1.82, 2.24) is 5.01 Å². The summed E-state index contributed by atoms with van der Waals surface area (Å²) in [6.07, 6.45) is 7.46. The van der Waals surface area contributed by atoms with Crippen molar-refractivity contribution in [1.29, 1.82) is 5.41 Å². The zero-order valence-corrected chi connectivity index (χ0v) is 22.6. The maximum Gasteiger partial charge on any atom is 0.283 e. The Hall–Kier alpha value is -2.81. The Morgan fingerprint density at radius 2 is 1.89 bits per heavy atom. The van der Waals surface area contributed by atoms with Crippen molar-refractivity contribution < 1.29 is 14.3 Å². The zero-order valence-electron chi connectivity index (χ0n) is 20.3. The van der Waals surface area contributed by atoms with Crippen molar-refractivity contribution in [3.63, 3.8) is 0 Å². The number of ether oxygens (including phenoxy) is 2. The lowest BCUT2D eigenvalue weighted by molar-refractivity contribution is -0.114. The number of carbonyl (C=O) groups excluding carboxylic acids is 1. The first-order chi connectivity index (χ1) is 17.9. The van der Waals surface area contributed by atoms with Crippen LogP contribution in [0.4, 0.5) is 0 Å². The van der Waals surface area contributed by atoms with E-state index in [0.29, 0.717) is 44.8 Å². The third-order valence-corrected chi connectivity index (χ3v) is 8.19. The molecule has 1 N–H and O–H groups in total. The van der Waals surface area contributed by atoms with Gasteiger partial charge in [-0.25, -0.2) is 0 Å². The number of benzene rings is 2. The smallest absolute Gasteiger partial charge is 0.283 e. The summed E-state index contributed by atoms with van der Waals surface area (Å²) >= 11 is 13.5. The van der Waals surface area contributed by atoms with Crippen LogP contribution in [0, 0.1) is 11.3 Å². The van der Waals surface area contributed by atoms with Crippen LogP contribution in [0.15, 0.2) is 52.1 Å². The Kier molecular flexibility index (Phi) is 7.88. The summed E-state index contributed by atoms with van der Waals surface area (Å²) in [7, 11) is 0. The van der Waals surface area contributed by atoms with Crippen LogP contribution in [0.3, 0.4) is 0 Å². The zero-order chi connectivity index (χ0) is 25.9. The van der Waals surface area contributed by atoms with Gasteiger partial charge in [-0.15, -0.1) is 0 Å². The van der Waals surface area contributed by atoms with Gasteiger partial charge in [-0.05, 0) is 73.0 Å². The molecule has 0 spiro atoms. The summed E-state index contributed by atoms with van der Waals surface area (Å²) < 4.78 is 11.8. The second-order valence-electron chi connectivity index (χ2n) is 8.97. The van der Waals surface area contributed by atoms with Gasteiger partial charge >= 0.3 is 0 Å². The number of carbonyl (C=O) groups is 1. The van der Waals surface area contributed by atoms with Crippen LogP contribution in [0.2, 0.25) is 10.0 Å². The van der Waals surface area contributed by atoms with Crippen LogP contribution in [0.1, 0.15) is 50.2 Å². The van der Waals surface area contributed by atoms with Gasteiger partial charge in [0.15, 0.2) is 17.3 Å². The van der Waals surface area contributed by atoms with Crippen LogP contribution in [0.5, 0.6) is 11.5 Å². The highest BCUT2D eigenvalue weighted by atomic mass is 35.5. The summed E-state index contributed by atoms with van der Waals surface area (Å²) in [5.41, 5.74) is 1.75. The highest BCUT2D eigenvalue weighted by molar-refractivity contribution is 8.27. The Bertz CT molecular complexity index is 1330. The first kappa shape index (κ1) is 25.8. The van der Waals surface area contributed by atoms with Gasteiger partial charge in [0.25, 0.3) is 5.91 Å². The molecular formula is C27H26Cl2N4O3S. The first-order valence-corrected chi connectivity index (χ1v) is 13.8. The van der Waals surface area contributed by atoms with E-state index < -0.39 is 5.91 Å². The fourth-order valence-electron chi connectivity index (χ4n) is 4.48. The third-order valence-electron chi connectivity index (χ3n) is 6.38. The molecule has 0 unspecified atom stereocenters. The number of thioether (sulfide) groups is 1. The molecule has 10 heteroatoms. The third kappa shape index (κ3) is 5.71. The van der Waals surface area contributed by atoms with Gasteiger partial charge in [-0.1, -0.05) is 54.6 Å². The van der Waals surface area contributed by atoms with Crippen molar-refractivity contribution in [3.8, 4) is 11.5 Å². The average molecular weight is 558 g/mol. The number of nitrogens with zero attached hydrogens (tertiary/aromatic N) is 3. The van der Waals surface area contributed by atoms with E-state index in [4.69, 9.17) is 38.1 Å². The van der Waals surface area contributed by atoms with Gasteiger partial charge in [0.1, 0.15) is 11.7 Å². The Balaban J connectivity index is 1.35. The van der Waals surface area contributed by atoms with E-state index in [2.05, 4.69) is 10.1 Å². The van der Waals surface area contributed by atoms with Gasteiger partial charge < -0.3 is 9.47 Å². The molecule has 0 radical (unpaired) electrons. The van der Waals surface area contributed by atoms with Gasteiger partial charge in [0.2, 0.25) is 5.17 Å². The molecule has 2 heterocycles. The minimum atomic E-state index is -0.443. The number of hydrogen-bond donors (Lipinski definition) is 1. The molecular weight excluding hydrogens is 531 g/mol. The molecule has 1 aliphatic carbocycles. The van der Waals surface area contributed by atoms with Crippen molar-refractivity contribution >= 4 is 63.0 Å². The normalized spacial score (nSPS) is 19.1. The maximum atomic E-state index is 12.9. The Morgan fingerprint density at radius 3 is 2.65 bits per heavy atom. The SMILES string of the molecule is CCOc1cc(/C=C2/C(=N)N3N=C(C4CCCCC4)SC3=NC2=O)ccc1OCc1ccc(Cl)c(Cl)c1. The molecule has 1 amide bonds. The lowest BCUT2D eigenvalue weighted by atomic mass is 9.90. The van der Waals surface area contributed by atoms with Gasteiger partial charge in [0.05, 0.1) is 22.2 Å². The topological polar surface area (TPSA) is 87.3 Å². The molecule has 0 saturated heterocycles. The lowest BCUT2D eigenvalue weighted by Gasteiger charge is -2.20. The van der Waals surface area contributed by atoms with Crippen molar-refractivity contribution in [2.24, 2.45) is 16.0 Å². The van der Waals surface area contributed by atoms with E-state index in [0.717, 1.165) is 23.4 Å². The minimum absolute atomic E-state index is 0.0335. The van der Waals surface area contributed by atoms with Crippen LogP contribution < -0.4 is 9.47 Å². The fourth-order valence-corrected chi connectivity index (χ4v) is 5.86. The molecule has 37 heavy (non-hydrogen) atoms. The molecule has 2 aromatic carbocycles. The largest absolute Gasteiger partial charge is 0.490 e. The number of rotatable bonds is 7. The lowest BCUT2D eigenvalue weighted by Crippen LogP contribution is -2.35. The summed E-state index contributed by atoms with van der Waals surface area (Å²) in [5.74, 6) is 1.06. The number of aliphatic imine (C=N–C) groups is 1. The number of hydrogen-bond acceptors (Lipinski definition) is 6. The molecule has 7 nitrogen and oxygen atoms in total. The molecule has 2 aliphatic heterocycles. The number of hydrazone groups is 1. The summed E-state index contributed by atoms with van der Waals surface area (Å²) in [6, 6.07) is 10.7. The van der Waals surface area contributed by atoms with Crippen LogP contribution in [-0.4, -0.2) is 33.6 Å². The number of nitrogens with one attached hydrogen (secondary N) is 1. The van der Waals surface area contributed by atoms with Crippen LogP contribution in [0.25, 0.3) is 6.08 Å². The Labute approximate surface area is 230 Å². The second kappa shape index (κ2) is 11.3. The number of amides is 1. The number of fused-ring (bicyclic) bond motifs is 1. The molecule has 0 bridgehead atoms. The quantitative estimate of drug-likeness (QED) is 0.365. The average Bonchev–Trinajstić information content (AvgIpc) is 3.33. The highest BCUT2D eigenvalue weighted by Crippen LogP contribution is 2.37. The molecule has 1 fully saturated rings. The molecule has 0 aromatic heterocycles. The second-order valence-corrected chi connectivity index (χ2v) is 10.8. The van der Waals surface area contributed by atoms with Gasteiger partial charge in [-0.3, -0.25) is 10.2 Å². The Morgan fingerprint density at radius 1 is 1.08 bits per heavy atom. The molecule has 1 saturated carbocycles. The highest BCUT2D eigenvalue weighted by Gasteiger charge is 2.38. The standard InChI is InChI=1S/C27H26Cl2N4O3S/c1-2-35-23-14-16(9-11-22(23)36-15-17-8-10-20(28)21(29)13-17)12-19-24(30)33-27(31-25(19)34)37-26(32-33)18-6-4-3-5-7-18/h8-14,18,30H,2-7,15H2,1H3/b19-12-,30-24?. The molecule has 0 atom stereocenters. The maximum absolute atomic E-state index is 12.9. The molecule has 5 rings (SSSR count). The predicted molar refractivity (Wildman–Crippen MR) is 150 cm³/mol. The number of amidine groups is 2. The van der Waals surface area contributed by atoms with E-state index in [-0.39, 0.29) is 18.0 Å². The van der Waals surface area contributed by atoms with Crippen LogP contribution in [-0.2, 0) is 11.4 Å². The molecule has 2 aromatic rings. The summed E-state index contributed by atoms with van der Waals surface area (Å²) in [6.45, 7) is 2.61. The van der Waals surface area contributed by atoms with Crippen molar-refractivity contribution in [3.05, 3.63) is 63.1 Å². The van der Waals surface area contributed by atoms with Gasteiger partial charge in [-0.2, -0.15) is 15.1 Å². The van der Waals surface area contributed by atoms with E-state index >= 15 is 0 Å². The number of halogens is 2. The minimum Gasteiger partial charge on any atom is -0.490 e. The first-order valence-electron chi connectivity index (χ1n) is 12.3. The molecule has 192 valence electrons.